The minimum Gasteiger partial charge on any atom is -0.496 e. The Labute approximate surface area is 181 Å². The zero-order chi connectivity index (χ0) is 21.6. The van der Waals surface area contributed by atoms with E-state index in [2.05, 4.69) is 39.8 Å². The van der Waals surface area contributed by atoms with Gasteiger partial charge >= 0.3 is 0 Å². The maximum Gasteiger partial charge on any atom is 0.241 e. The van der Waals surface area contributed by atoms with Gasteiger partial charge in [0.05, 0.1) is 19.3 Å². The summed E-state index contributed by atoms with van der Waals surface area (Å²) in [5.74, 6) is 0.398. The number of nitrogens with two attached hydrogens (primary N) is 1. The Kier molecular flexibility index (Phi) is 6.10. The molecular weight excluding hydrogens is 388 g/mol. The average molecular weight is 412 g/mol. The number of carbonyl (C=O) groups excluding carboxylic acids is 1. The van der Waals surface area contributed by atoms with Gasteiger partial charge in [-0.1, -0.05) is 54.6 Å². The molecule has 0 aliphatic heterocycles. The van der Waals surface area contributed by atoms with E-state index >= 15 is 0 Å². The Morgan fingerprint density at radius 2 is 1.77 bits per heavy atom. The number of nitrogens with zero attached hydrogens (tertiary/aromatic N) is 1. The van der Waals surface area contributed by atoms with Crippen molar-refractivity contribution in [2.45, 2.75) is 12.5 Å². The van der Waals surface area contributed by atoms with E-state index in [0.717, 1.165) is 27.8 Å². The lowest BCUT2D eigenvalue weighted by atomic mass is 10.0. The van der Waals surface area contributed by atoms with E-state index in [1.54, 1.807) is 25.6 Å². The molecule has 1 heterocycles. The fourth-order valence-corrected chi connectivity index (χ4v) is 3.45. The van der Waals surface area contributed by atoms with Crippen molar-refractivity contribution in [3.63, 3.8) is 0 Å². The lowest BCUT2D eigenvalue weighted by molar-refractivity contribution is -0.117. The first-order valence-corrected chi connectivity index (χ1v) is 10.0. The number of hydrogen-bond acceptors (Lipinski definition) is 4. The third kappa shape index (κ3) is 4.82. The SMILES string of the molecule is COc1cc(NC(=O)C(N)Cc2ccc(-c3ccccc3)cc2)ccc1-c1cn[nH]c1. The fourth-order valence-electron chi connectivity index (χ4n) is 3.45. The molecule has 31 heavy (non-hydrogen) atoms. The summed E-state index contributed by atoms with van der Waals surface area (Å²) in [6.07, 6.45) is 3.95. The topological polar surface area (TPSA) is 93.0 Å². The summed E-state index contributed by atoms with van der Waals surface area (Å²) in [7, 11) is 1.59. The van der Waals surface area contributed by atoms with Crippen molar-refractivity contribution in [2.24, 2.45) is 5.73 Å². The zero-order valence-electron chi connectivity index (χ0n) is 17.2. The summed E-state index contributed by atoms with van der Waals surface area (Å²) in [5.41, 5.74) is 11.9. The van der Waals surface area contributed by atoms with Crippen LogP contribution in [0.1, 0.15) is 5.56 Å². The number of hydrogen-bond donors (Lipinski definition) is 3. The number of benzene rings is 3. The van der Waals surface area contributed by atoms with Gasteiger partial charge in [-0.25, -0.2) is 0 Å². The maximum absolute atomic E-state index is 12.6. The van der Waals surface area contributed by atoms with Gasteiger partial charge in [-0.2, -0.15) is 5.10 Å². The summed E-state index contributed by atoms with van der Waals surface area (Å²) in [5, 5.41) is 9.63. The molecule has 4 rings (SSSR count). The number of rotatable bonds is 7. The van der Waals surface area contributed by atoms with Crippen LogP contribution in [0.25, 0.3) is 22.3 Å². The van der Waals surface area contributed by atoms with Gasteiger partial charge in [0.2, 0.25) is 5.91 Å². The quantitative estimate of drug-likeness (QED) is 0.423. The van der Waals surface area contributed by atoms with E-state index in [1.807, 2.05) is 42.5 Å². The van der Waals surface area contributed by atoms with Gasteiger partial charge in [-0.3, -0.25) is 9.89 Å². The second kappa shape index (κ2) is 9.28. The Hall–Kier alpha value is -3.90. The van der Waals surface area contributed by atoms with Crippen LogP contribution in [0.5, 0.6) is 5.75 Å². The molecule has 0 radical (unpaired) electrons. The number of amides is 1. The highest BCUT2D eigenvalue weighted by atomic mass is 16.5. The van der Waals surface area contributed by atoms with E-state index < -0.39 is 6.04 Å². The van der Waals surface area contributed by atoms with Crippen molar-refractivity contribution in [1.82, 2.24) is 10.2 Å². The average Bonchev–Trinajstić information content (AvgIpc) is 3.35. The molecule has 0 spiro atoms. The Morgan fingerprint density at radius 1 is 1.03 bits per heavy atom. The van der Waals surface area contributed by atoms with Crippen molar-refractivity contribution in [3.05, 3.63) is 90.8 Å². The molecule has 4 aromatic rings. The number of nitrogens with one attached hydrogen (secondary N) is 2. The molecule has 1 unspecified atom stereocenters. The monoisotopic (exact) mass is 412 g/mol. The van der Waals surface area contributed by atoms with Crippen molar-refractivity contribution in [2.75, 3.05) is 12.4 Å². The number of anilines is 1. The first-order chi connectivity index (χ1) is 15.1. The first kappa shape index (κ1) is 20.4. The minimum atomic E-state index is -0.665. The van der Waals surface area contributed by atoms with Crippen LogP contribution in [0.4, 0.5) is 5.69 Å². The summed E-state index contributed by atoms with van der Waals surface area (Å²) >= 11 is 0. The van der Waals surface area contributed by atoms with E-state index in [1.165, 1.54) is 0 Å². The molecule has 156 valence electrons. The molecule has 4 N–H and O–H groups in total. The molecule has 6 nitrogen and oxygen atoms in total. The largest absolute Gasteiger partial charge is 0.496 e. The Balaban J connectivity index is 1.40. The minimum absolute atomic E-state index is 0.245. The molecule has 0 aliphatic carbocycles. The van der Waals surface area contributed by atoms with E-state index in [9.17, 15) is 4.79 Å². The highest BCUT2D eigenvalue weighted by molar-refractivity contribution is 5.95. The number of carbonyl (C=O) groups is 1. The molecule has 1 atom stereocenters. The normalized spacial score (nSPS) is 11.7. The van der Waals surface area contributed by atoms with E-state index in [4.69, 9.17) is 10.5 Å². The van der Waals surface area contributed by atoms with Crippen LogP contribution < -0.4 is 15.8 Å². The van der Waals surface area contributed by atoms with Crippen molar-refractivity contribution < 1.29 is 9.53 Å². The van der Waals surface area contributed by atoms with Gasteiger partial charge in [0, 0.05) is 29.1 Å². The zero-order valence-corrected chi connectivity index (χ0v) is 17.2. The van der Waals surface area contributed by atoms with Gasteiger partial charge in [0.1, 0.15) is 5.75 Å². The number of aromatic amines is 1. The molecule has 0 bridgehead atoms. The Morgan fingerprint density at radius 3 is 2.45 bits per heavy atom. The highest BCUT2D eigenvalue weighted by Crippen LogP contribution is 2.31. The lowest BCUT2D eigenvalue weighted by Crippen LogP contribution is -2.37. The molecule has 6 heteroatoms. The van der Waals surface area contributed by atoms with Crippen molar-refractivity contribution >= 4 is 11.6 Å². The summed E-state index contributed by atoms with van der Waals surface area (Å²) in [6, 6.07) is 23.1. The van der Waals surface area contributed by atoms with Crippen LogP contribution in [0.15, 0.2) is 85.2 Å². The summed E-state index contributed by atoms with van der Waals surface area (Å²) < 4.78 is 5.47. The van der Waals surface area contributed by atoms with Crippen molar-refractivity contribution in [3.8, 4) is 28.0 Å². The van der Waals surface area contributed by atoms with Crippen LogP contribution in [0.2, 0.25) is 0 Å². The highest BCUT2D eigenvalue weighted by Gasteiger charge is 2.16. The van der Waals surface area contributed by atoms with Crippen LogP contribution in [-0.2, 0) is 11.2 Å². The molecule has 1 aromatic heterocycles. The molecule has 0 saturated heterocycles. The molecule has 0 fully saturated rings. The second-order valence-corrected chi connectivity index (χ2v) is 7.26. The van der Waals surface area contributed by atoms with Gasteiger partial charge in [-0.05, 0) is 35.2 Å². The fraction of sp³-hybridized carbons (Fsp3) is 0.120. The van der Waals surface area contributed by atoms with Crippen LogP contribution in [0.3, 0.4) is 0 Å². The standard InChI is InChI=1S/C25H24N4O2/c1-31-24-14-21(11-12-22(24)20-15-27-28-16-20)29-25(30)23(26)13-17-7-9-19(10-8-17)18-5-3-2-4-6-18/h2-12,14-16,23H,13,26H2,1H3,(H,27,28)(H,29,30). The molecular formula is C25H24N4O2. The molecule has 0 saturated carbocycles. The predicted molar refractivity (Wildman–Crippen MR) is 123 cm³/mol. The molecule has 1 amide bonds. The van der Waals surface area contributed by atoms with Crippen LogP contribution in [-0.4, -0.2) is 29.3 Å². The molecule has 3 aromatic carbocycles. The number of methoxy groups -OCH3 is 1. The van der Waals surface area contributed by atoms with Gasteiger partial charge in [-0.15, -0.1) is 0 Å². The van der Waals surface area contributed by atoms with Gasteiger partial charge < -0.3 is 15.8 Å². The first-order valence-electron chi connectivity index (χ1n) is 10.0. The second-order valence-electron chi connectivity index (χ2n) is 7.26. The third-order valence-electron chi connectivity index (χ3n) is 5.13. The smallest absolute Gasteiger partial charge is 0.241 e. The van der Waals surface area contributed by atoms with Crippen LogP contribution in [0, 0.1) is 0 Å². The van der Waals surface area contributed by atoms with Gasteiger partial charge in [0.25, 0.3) is 0 Å². The summed E-state index contributed by atoms with van der Waals surface area (Å²) in [4.78, 5) is 12.6. The van der Waals surface area contributed by atoms with E-state index in [0.29, 0.717) is 17.9 Å². The number of H-pyrrole nitrogens is 1. The molecule has 0 aliphatic rings. The van der Waals surface area contributed by atoms with Gasteiger partial charge in [0.15, 0.2) is 0 Å². The van der Waals surface area contributed by atoms with E-state index in [-0.39, 0.29) is 5.91 Å². The third-order valence-corrected chi connectivity index (χ3v) is 5.13. The lowest BCUT2D eigenvalue weighted by Gasteiger charge is -2.14. The number of aromatic nitrogens is 2. The van der Waals surface area contributed by atoms with Crippen LogP contribution >= 0.6 is 0 Å². The summed E-state index contributed by atoms with van der Waals surface area (Å²) in [6.45, 7) is 0. The predicted octanol–water partition coefficient (Wildman–Crippen LogP) is 4.26. The van der Waals surface area contributed by atoms with Crippen molar-refractivity contribution in [1.29, 1.82) is 0 Å². The maximum atomic E-state index is 12.6. The Bertz CT molecular complexity index is 1140. The number of ether oxygens (including phenoxy) is 1.